The van der Waals surface area contributed by atoms with Crippen LogP contribution < -0.4 is 4.74 Å². The maximum Gasteiger partial charge on any atom is 0.247 e. The smallest absolute Gasteiger partial charge is 0.247 e. The molecule has 26 heavy (non-hydrogen) atoms. The van der Waals surface area contributed by atoms with Gasteiger partial charge in [-0.2, -0.15) is 0 Å². The Balaban J connectivity index is 1.48. The number of hydrogen-bond acceptors (Lipinski definition) is 7. The van der Waals surface area contributed by atoms with E-state index in [1.165, 1.54) is 5.56 Å². The van der Waals surface area contributed by atoms with Crippen LogP contribution in [-0.2, 0) is 5.75 Å². The molecular weight excluding hydrogens is 366 g/mol. The van der Waals surface area contributed by atoms with Gasteiger partial charge in [0.05, 0.1) is 18.0 Å². The molecule has 1 atom stereocenters. The first kappa shape index (κ1) is 17.2. The van der Waals surface area contributed by atoms with Crippen molar-refractivity contribution < 1.29 is 9.15 Å². The molecule has 2 aromatic carbocycles. The molecule has 2 heterocycles. The van der Waals surface area contributed by atoms with E-state index in [2.05, 4.69) is 35.3 Å². The van der Waals surface area contributed by atoms with Crippen LogP contribution in [0.1, 0.15) is 23.6 Å². The molecule has 0 unspecified atom stereocenters. The first-order chi connectivity index (χ1) is 12.7. The number of methoxy groups -OCH3 is 1. The monoisotopic (exact) mass is 383 g/mol. The number of para-hydroxylation sites is 1. The van der Waals surface area contributed by atoms with Crippen molar-refractivity contribution in [3.63, 3.8) is 0 Å². The summed E-state index contributed by atoms with van der Waals surface area (Å²) < 4.78 is 12.1. The number of hydrogen-bond donors (Lipinski definition) is 0. The van der Waals surface area contributed by atoms with Crippen LogP contribution in [-0.4, -0.2) is 21.7 Å². The zero-order chi connectivity index (χ0) is 17.9. The fourth-order valence-electron chi connectivity index (χ4n) is 2.52. The maximum absolute atomic E-state index is 5.87. The lowest BCUT2D eigenvalue weighted by molar-refractivity contribution is 0.415. The molecule has 3 aromatic rings. The van der Waals surface area contributed by atoms with Gasteiger partial charge in [-0.3, -0.25) is 0 Å². The summed E-state index contributed by atoms with van der Waals surface area (Å²) in [5.74, 6) is 2.85. The minimum atomic E-state index is 0.0333. The predicted octanol–water partition coefficient (Wildman–Crippen LogP) is 5.47. The van der Waals surface area contributed by atoms with Crippen molar-refractivity contribution in [3.8, 4) is 17.2 Å². The van der Waals surface area contributed by atoms with Crippen LogP contribution in [0.3, 0.4) is 0 Å². The van der Waals surface area contributed by atoms with Crippen LogP contribution in [0.5, 0.6) is 5.75 Å². The van der Waals surface area contributed by atoms with Crippen molar-refractivity contribution in [1.29, 1.82) is 0 Å². The zero-order valence-electron chi connectivity index (χ0n) is 14.4. The summed E-state index contributed by atoms with van der Waals surface area (Å²) in [5, 5.41) is 8.42. The SMILES string of the molecule is COc1ccc(-c2nnc([C@H](C)SC3=Nc4ccccc4CS3)o2)cc1. The molecular formula is C19H17N3O2S2. The summed E-state index contributed by atoms with van der Waals surface area (Å²) in [5.41, 5.74) is 3.19. The topological polar surface area (TPSA) is 60.5 Å². The normalized spacial score (nSPS) is 14.5. The fourth-order valence-corrected chi connectivity index (χ4v) is 4.74. The van der Waals surface area contributed by atoms with E-state index in [-0.39, 0.29) is 5.25 Å². The van der Waals surface area contributed by atoms with Crippen molar-refractivity contribution in [1.82, 2.24) is 10.2 Å². The maximum atomic E-state index is 5.87. The highest BCUT2D eigenvalue weighted by Crippen LogP contribution is 2.40. The first-order valence-corrected chi connectivity index (χ1v) is 10.0. The van der Waals surface area contributed by atoms with Gasteiger partial charge in [-0.1, -0.05) is 41.7 Å². The van der Waals surface area contributed by atoms with Gasteiger partial charge in [0.15, 0.2) is 0 Å². The van der Waals surface area contributed by atoms with E-state index in [9.17, 15) is 0 Å². The van der Waals surface area contributed by atoms with Crippen LogP contribution in [0.2, 0.25) is 0 Å². The summed E-state index contributed by atoms with van der Waals surface area (Å²) in [4.78, 5) is 4.73. The highest BCUT2D eigenvalue weighted by atomic mass is 32.2. The molecule has 0 bridgehead atoms. The number of fused-ring (bicyclic) bond motifs is 1. The second-order valence-electron chi connectivity index (χ2n) is 5.73. The third-order valence-electron chi connectivity index (χ3n) is 3.96. The van der Waals surface area contributed by atoms with Crippen molar-refractivity contribution in [2.45, 2.75) is 17.9 Å². The molecule has 0 N–H and O–H groups in total. The van der Waals surface area contributed by atoms with Crippen molar-refractivity contribution >= 4 is 33.6 Å². The van der Waals surface area contributed by atoms with Gasteiger partial charge in [-0.15, -0.1) is 10.2 Å². The third kappa shape index (κ3) is 3.64. The lowest BCUT2D eigenvalue weighted by atomic mass is 10.2. The second-order valence-corrected chi connectivity index (χ2v) is 8.28. The van der Waals surface area contributed by atoms with Crippen LogP contribution in [0.15, 0.2) is 57.9 Å². The molecule has 0 saturated carbocycles. The highest BCUT2D eigenvalue weighted by Gasteiger charge is 2.20. The van der Waals surface area contributed by atoms with Crippen molar-refractivity contribution in [2.24, 2.45) is 4.99 Å². The van der Waals surface area contributed by atoms with E-state index in [1.54, 1.807) is 30.6 Å². The van der Waals surface area contributed by atoms with E-state index in [1.807, 2.05) is 30.3 Å². The molecule has 4 rings (SSSR count). The van der Waals surface area contributed by atoms with E-state index in [4.69, 9.17) is 14.1 Å². The number of benzene rings is 2. The number of aromatic nitrogens is 2. The van der Waals surface area contributed by atoms with Crippen LogP contribution in [0, 0.1) is 0 Å². The Bertz CT molecular complexity index is 938. The molecule has 0 spiro atoms. The average molecular weight is 383 g/mol. The standard InChI is InChI=1S/C19H17N3O2S2/c1-12(26-19-20-16-6-4-3-5-14(16)11-25-19)17-21-22-18(24-17)13-7-9-15(23-2)10-8-13/h3-10,12H,11H2,1-2H3/t12-/m0/s1. The largest absolute Gasteiger partial charge is 0.497 e. The van der Waals surface area contributed by atoms with E-state index >= 15 is 0 Å². The molecule has 1 aliphatic rings. The Morgan fingerprint density at radius 1 is 1.12 bits per heavy atom. The zero-order valence-corrected chi connectivity index (χ0v) is 16.0. The van der Waals surface area contributed by atoms with Gasteiger partial charge >= 0.3 is 0 Å². The first-order valence-electron chi connectivity index (χ1n) is 8.17. The lowest BCUT2D eigenvalue weighted by Crippen LogP contribution is -1.99. The highest BCUT2D eigenvalue weighted by molar-refractivity contribution is 8.38. The summed E-state index contributed by atoms with van der Waals surface area (Å²) in [6.07, 6.45) is 0. The molecule has 132 valence electrons. The van der Waals surface area contributed by atoms with Gasteiger partial charge in [0.25, 0.3) is 0 Å². The van der Waals surface area contributed by atoms with Crippen LogP contribution >= 0.6 is 23.5 Å². The number of ether oxygens (including phenoxy) is 1. The average Bonchev–Trinajstić information content (AvgIpc) is 3.18. The molecule has 5 nitrogen and oxygen atoms in total. The summed E-state index contributed by atoms with van der Waals surface area (Å²) in [6.45, 7) is 2.06. The van der Waals surface area contributed by atoms with E-state index in [0.717, 1.165) is 27.1 Å². The third-order valence-corrected chi connectivity index (χ3v) is 6.24. The molecule has 7 heteroatoms. The van der Waals surface area contributed by atoms with E-state index < -0.39 is 0 Å². The second kappa shape index (κ2) is 7.55. The Morgan fingerprint density at radius 3 is 2.73 bits per heavy atom. The minimum Gasteiger partial charge on any atom is -0.497 e. The molecule has 1 aromatic heterocycles. The van der Waals surface area contributed by atoms with Crippen LogP contribution in [0.4, 0.5) is 5.69 Å². The van der Waals surface area contributed by atoms with Gasteiger partial charge in [0.2, 0.25) is 11.8 Å². The lowest BCUT2D eigenvalue weighted by Gasteiger charge is -2.15. The molecule has 1 aliphatic heterocycles. The number of rotatable bonds is 4. The van der Waals surface area contributed by atoms with E-state index in [0.29, 0.717) is 11.8 Å². The van der Waals surface area contributed by atoms with Crippen LogP contribution in [0.25, 0.3) is 11.5 Å². The number of nitrogens with zero attached hydrogens (tertiary/aromatic N) is 3. The number of thioether (sulfide) groups is 2. The van der Waals surface area contributed by atoms with Gasteiger partial charge in [-0.25, -0.2) is 4.99 Å². The van der Waals surface area contributed by atoms with Gasteiger partial charge in [0.1, 0.15) is 10.1 Å². The molecule has 0 fully saturated rings. The quantitative estimate of drug-likeness (QED) is 0.595. The van der Waals surface area contributed by atoms with Crippen molar-refractivity contribution in [3.05, 3.63) is 60.0 Å². The Kier molecular flexibility index (Phi) is 4.99. The fraction of sp³-hybridized carbons (Fsp3) is 0.211. The van der Waals surface area contributed by atoms with Gasteiger partial charge in [0, 0.05) is 11.3 Å². The summed E-state index contributed by atoms with van der Waals surface area (Å²) >= 11 is 3.39. The Morgan fingerprint density at radius 2 is 1.92 bits per heavy atom. The molecule has 0 amide bonds. The van der Waals surface area contributed by atoms with Gasteiger partial charge in [-0.05, 0) is 42.8 Å². The molecule has 0 aliphatic carbocycles. The molecule has 0 saturated heterocycles. The molecule has 0 radical (unpaired) electrons. The Labute approximate surface area is 160 Å². The summed E-state index contributed by atoms with van der Waals surface area (Å²) in [6, 6.07) is 15.8. The summed E-state index contributed by atoms with van der Waals surface area (Å²) in [7, 11) is 1.64. The number of aliphatic imine (C=N–C) groups is 1. The van der Waals surface area contributed by atoms with Gasteiger partial charge < -0.3 is 9.15 Å². The van der Waals surface area contributed by atoms with Crippen molar-refractivity contribution in [2.75, 3.05) is 7.11 Å². The minimum absolute atomic E-state index is 0.0333. The Hall–Kier alpha value is -2.25. The predicted molar refractivity (Wildman–Crippen MR) is 107 cm³/mol.